The zero-order valence-electron chi connectivity index (χ0n) is 34.6. The van der Waals surface area contributed by atoms with Crippen molar-refractivity contribution in [1.29, 1.82) is 0 Å². The Balaban J connectivity index is 1.07. The summed E-state index contributed by atoms with van der Waals surface area (Å²) in [5.41, 5.74) is 3.68. The highest BCUT2D eigenvalue weighted by Gasteiger charge is 2.25. The monoisotopic (exact) mass is 768 g/mol. The number of hydrogen-bond acceptors (Lipinski definition) is 6. The molecule has 0 fully saturated rings. The lowest BCUT2D eigenvalue weighted by Crippen LogP contribution is -2.36. The second kappa shape index (κ2) is 18.7. The van der Waals surface area contributed by atoms with E-state index in [1.807, 2.05) is 108 Å². The van der Waals surface area contributed by atoms with Crippen molar-refractivity contribution >= 4 is 23.2 Å². The Morgan fingerprint density at radius 1 is 0.544 bits per heavy atom. The van der Waals surface area contributed by atoms with Crippen LogP contribution in [0.4, 0.5) is 11.4 Å². The van der Waals surface area contributed by atoms with Gasteiger partial charge in [-0.2, -0.15) is 0 Å². The number of aryl methyl sites for hydroxylation is 4. The van der Waals surface area contributed by atoms with Crippen LogP contribution in [0.1, 0.15) is 76.2 Å². The van der Waals surface area contributed by atoms with E-state index in [4.69, 9.17) is 28.9 Å². The molecule has 0 amide bonds. The second-order valence-electron chi connectivity index (χ2n) is 14.7. The van der Waals surface area contributed by atoms with Crippen molar-refractivity contribution < 1.29 is 28.1 Å². The number of unbranched alkanes of at least 4 members (excludes halogenated alkanes) is 2. The van der Waals surface area contributed by atoms with Gasteiger partial charge in [0.1, 0.15) is 47.8 Å². The number of hydrogen-bond donors (Lipinski definition) is 0. The average Bonchev–Trinajstić information content (AvgIpc) is 3.79. The van der Waals surface area contributed by atoms with E-state index in [2.05, 4.69) is 73.5 Å². The van der Waals surface area contributed by atoms with Gasteiger partial charge in [-0.15, -0.1) is 0 Å². The molecule has 0 unspecified atom stereocenters. The Morgan fingerprint density at radius 3 is 1.19 bits per heavy atom. The standard InChI is InChI=1S/C47H56N6O4/c1-9-11-29-52-33-31-50(5)45(52)43(54-7)48-37-17-25-41(26-18-37)56-39-21-13-35(14-22-39)47(3,4)36-15-23-40(24-16-36)57-42-27-19-38(20-28-42)49-44(55-8)46-51(6)32-34-53(46)30-12-10-2/h13-28,31-34H,9-12,29-30H2,1-8H3/q+2/b48-43-,49-44-. The molecule has 0 saturated carbocycles. The Morgan fingerprint density at radius 2 is 0.877 bits per heavy atom. The Bertz CT molecular complexity index is 2110. The molecule has 10 heteroatoms. The van der Waals surface area contributed by atoms with Crippen molar-refractivity contribution in [3.05, 3.63) is 145 Å². The minimum atomic E-state index is -0.242. The van der Waals surface area contributed by atoms with E-state index in [-0.39, 0.29) is 5.41 Å². The van der Waals surface area contributed by atoms with Crippen LogP contribution in [-0.4, -0.2) is 35.1 Å². The van der Waals surface area contributed by atoms with Crippen molar-refractivity contribution in [3.8, 4) is 23.0 Å². The number of imidazole rings is 2. The van der Waals surface area contributed by atoms with Gasteiger partial charge in [-0.05, 0) is 96.8 Å². The van der Waals surface area contributed by atoms with E-state index in [0.29, 0.717) is 11.8 Å². The molecule has 10 nitrogen and oxygen atoms in total. The van der Waals surface area contributed by atoms with Crippen LogP contribution in [0.2, 0.25) is 0 Å². The molecule has 6 rings (SSSR count). The molecule has 4 aromatic carbocycles. The minimum absolute atomic E-state index is 0.242. The molecule has 0 saturated heterocycles. The number of aliphatic imine (C=N–C) groups is 2. The Hall–Kier alpha value is -6.16. The highest BCUT2D eigenvalue weighted by Crippen LogP contribution is 2.35. The Labute approximate surface area is 337 Å². The first-order chi connectivity index (χ1) is 27.6. The fraction of sp³-hybridized carbons (Fsp3) is 0.319. The molecule has 0 atom stereocenters. The van der Waals surface area contributed by atoms with E-state index >= 15 is 0 Å². The summed E-state index contributed by atoms with van der Waals surface area (Å²) in [6.07, 6.45) is 12.6. The van der Waals surface area contributed by atoms with E-state index in [9.17, 15) is 0 Å². The molecular formula is C47H56N6O4+2. The third-order valence-corrected chi connectivity index (χ3v) is 10.2. The molecule has 0 N–H and O–H groups in total. The summed E-state index contributed by atoms with van der Waals surface area (Å²) in [7, 11) is 7.33. The smallest absolute Gasteiger partial charge is 0.345 e. The van der Waals surface area contributed by atoms with E-state index in [0.717, 1.165) is 84.8 Å². The first-order valence-electron chi connectivity index (χ1n) is 19.8. The molecule has 0 radical (unpaired) electrons. The predicted molar refractivity (Wildman–Crippen MR) is 225 cm³/mol. The fourth-order valence-electron chi connectivity index (χ4n) is 6.72. The second-order valence-corrected chi connectivity index (χ2v) is 14.7. The molecular weight excluding hydrogens is 713 g/mol. The third-order valence-electron chi connectivity index (χ3n) is 10.2. The normalized spacial score (nSPS) is 12.1. The highest BCUT2D eigenvalue weighted by molar-refractivity contribution is 5.92. The highest BCUT2D eigenvalue weighted by atomic mass is 16.5. The number of methoxy groups -OCH3 is 2. The number of rotatable bonds is 16. The van der Waals surface area contributed by atoms with Crippen LogP contribution < -0.4 is 18.6 Å². The summed E-state index contributed by atoms with van der Waals surface area (Å²) in [5, 5.41) is 0. The first kappa shape index (κ1) is 40.5. The van der Waals surface area contributed by atoms with Gasteiger partial charge < -0.3 is 18.9 Å². The maximum Gasteiger partial charge on any atom is 0.345 e. The van der Waals surface area contributed by atoms with Crippen LogP contribution in [0.3, 0.4) is 0 Å². The van der Waals surface area contributed by atoms with Crippen molar-refractivity contribution in [1.82, 2.24) is 9.13 Å². The number of aromatic nitrogens is 4. The van der Waals surface area contributed by atoms with Crippen LogP contribution >= 0.6 is 0 Å². The molecule has 296 valence electrons. The fourth-order valence-corrected chi connectivity index (χ4v) is 6.72. The van der Waals surface area contributed by atoms with E-state index < -0.39 is 0 Å². The maximum atomic E-state index is 6.22. The van der Waals surface area contributed by atoms with Crippen molar-refractivity contribution in [2.24, 2.45) is 24.1 Å². The maximum absolute atomic E-state index is 6.22. The van der Waals surface area contributed by atoms with Crippen LogP contribution in [0.5, 0.6) is 23.0 Å². The lowest BCUT2D eigenvalue weighted by Gasteiger charge is -2.26. The zero-order chi connectivity index (χ0) is 40.4. The average molecular weight is 769 g/mol. The molecule has 0 aliphatic rings. The van der Waals surface area contributed by atoms with Gasteiger partial charge in [0, 0.05) is 5.41 Å². The van der Waals surface area contributed by atoms with Crippen LogP contribution in [0, 0.1) is 0 Å². The number of nitrogens with zero attached hydrogens (tertiary/aromatic N) is 6. The lowest BCUT2D eigenvalue weighted by atomic mass is 9.78. The van der Waals surface area contributed by atoms with Crippen LogP contribution in [0.15, 0.2) is 132 Å². The van der Waals surface area contributed by atoms with Gasteiger partial charge in [-0.1, -0.05) is 64.8 Å². The van der Waals surface area contributed by atoms with Gasteiger partial charge in [0.25, 0.3) is 0 Å². The van der Waals surface area contributed by atoms with Crippen molar-refractivity contribution in [2.45, 2.75) is 71.9 Å². The van der Waals surface area contributed by atoms with Crippen LogP contribution in [-0.2, 0) is 42.1 Å². The van der Waals surface area contributed by atoms with E-state index in [1.165, 1.54) is 11.1 Å². The SMILES string of the molecule is CCCCn1cc[n+](C)c1/C(=N/c1ccc(Oc2ccc(C(C)(C)c3ccc(Oc4ccc(/N=C(\OC)c5n(CCCC)cc[n+]5C)cc4)cc3)cc2)cc1)OC. The minimum Gasteiger partial charge on any atom is -0.475 e. The van der Waals surface area contributed by atoms with Gasteiger partial charge in [-0.25, -0.2) is 28.3 Å². The van der Waals surface area contributed by atoms with Gasteiger partial charge in [0.05, 0.1) is 52.8 Å². The molecule has 0 spiro atoms. The third kappa shape index (κ3) is 9.81. The van der Waals surface area contributed by atoms with Crippen molar-refractivity contribution in [2.75, 3.05) is 14.2 Å². The summed E-state index contributed by atoms with van der Waals surface area (Å²) >= 11 is 0. The summed E-state index contributed by atoms with van der Waals surface area (Å²) in [6, 6.07) is 32.0. The summed E-state index contributed by atoms with van der Waals surface area (Å²) in [6.45, 7) is 10.7. The molecule has 2 heterocycles. The first-order valence-corrected chi connectivity index (χ1v) is 19.8. The van der Waals surface area contributed by atoms with Crippen LogP contribution in [0.25, 0.3) is 0 Å². The Kier molecular flexibility index (Phi) is 13.3. The molecule has 57 heavy (non-hydrogen) atoms. The van der Waals surface area contributed by atoms with Gasteiger partial charge in [0.15, 0.2) is 0 Å². The molecule has 0 aliphatic carbocycles. The van der Waals surface area contributed by atoms with Crippen molar-refractivity contribution in [3.63, 3.8) is 0 Å². The topological polar surface area (TPSA) is 79.3 Å². The lowest BCUT2D eigenvalue weighted by molar-refractivity contribution is -0.673. The summed E-state index contributed by atoms with van der Waals surface area (Å²) < 4.78 is 32.3. The predicted octanol–water partition coefficient (Wildman–Crippen LogP) is 9.90. The molecule has 2 aromatic heterocycles. The van der Waals surface area contributed by atoms with Gasteiger partial charge in [-0.3, -0.25) is 0 Å². The summed E-state index contributed by atoms with van der Waals surface area (Å²) in [5.74, 6) is 6.00. The number of ether oxygens (including phenoxy) is 4. The molecule has 0 aliphatic heterocycles. The van der Waals surface area contributed by atoms with E-state index in [1.54, 1.807) is 14.2 Å². The number of benzene rings is 4. The zero-order valence-corrected chi connectivity index (χ0v) is 34.6. The van der Waals surface area contributed by atoms with Gasteiger partial charge in [0.2, 0.25) is 0 Å². The van der Waals surface area contributed by atoms with Gasteiger partial charge >= 0.3 is 23.4 Å². The largest absolute Gasteiger partial charge is 0.475 e. The summed E-state index contributed by atoms with van der Waals surface area (Å²) in [4.78, 5) is 9.61. The molecule has 0 bridgehead atoms. The quantitative estimate of drug-likeness (QED) is 0.0558. The molecule has 6 aromatic rings.